The normalized spacial score (nSPS) is 14.3. The summed E-state index contributed by atoms with van der Waals surface area (Å²) in [7, 11) is 3.18. The first kappa shape index (κ1) is 21.5. The van der Waals surface area contributed by atoms with E-state index in [-0.39, 0.29) is 23.6 Å². The van der Waals surface area contributed by atoms with Crippen LogP contribution in [0.4, 0.5) is 0 Å². The molecule has 1 fully saturated rings. The number of piperidine rings is 1. The zero-order valence-corrected chi connectivity index (χ0v) is 17.4. The van der Waals surface area contributed by atoms with E-state index >= 15 is 0 Å². The molecule has 2 N–H and O–H groups in total. The number of benzene rings is 2. The summed E-state index contributed by atoms with van der Waals surface area (Å²) >= 11 is 0. The lowest BCUT2D eigenvalue weighted by atomic mass is 10.0. The molecule has 1 aliphatic heterocycles. The van der Waals surface area contributed by atoms with Gasteiger partial charge in [-0.2, -0.15) is 0 Å². The van der Waals surface area contributed by atoms with Crippen LogP contribution in [0.2, 0.25) is 0 Å². The predicted octanol–water partition coefficient (Wildman–Crippen LogP) is 2.76. The van der Waals surface area contributed by atoms with Crippen LogP contribution >= 0.6 is 0 Å². The monoisotopic (exact) mass is 412 g/mol. The Morgan fingerprint density at radius 3 is 2.47 bits per heavy atom. The number of carbonyl (C=O) groups excluding carboxylic acids is 2. The molecular weight excluding hydrogens is 384 g/mol. The van der Waals surface area contributed by atoms with E-state index in [4.69, 9.17) is 9.47 Å². The molecular formula is C23H28N2O5. The van der Waals surface area contributed by atoms with Gasteiger partial charge < -0.3 is 24.8 Å². The average Bonchev–Trinajstić information content (AvgIpc) is 2.77. The van der Waals surface area contributed by atoms with Gasteiger partial charge in [-0.3, -0.25) is 9.59 Å². The second kappa shape index (κ2) is 10.0. The summed E-state index contributed by atoms with van der Waals surface area (Å²) in [4.78, 5) is 26.7. The molecule has 160 valence electrons. The van der Waals surface area contributed by atoms with Gasteiger partial charge in [0.15, 0.2) is 11.5 Å². The van der Waals surface area contributed by atoms with Gasteiger partial charge in [-0.05, 0) is 55.2 Å². The van der Waals surface area contributed by atoms with Crippen molar-refractivity contribution in [2.24, 2.45) is 0 Å². The van der Waals surface area contributed by atoms with E-state index < -0.39 is 0 Å². The number of hydrogen-bond donors (Lipinski definition) is 2. The van der Waals surface area contributed by atoms with Crippen molar-refractivity contribution in [1.29, 1.82) is 0 Å². The molecule has 0 unspecified atom stereocenters. The van der Waals surface area contributed by atoms with Crippen molar-refractivity contribution in [2.75, 3.05) is 27.3 Å². The van der Waals surface area contributed by atoms with Crippen LogP contribution < -0.4 is 14.8 Å². The third kappa shape index (κ3) is 5.43. The van der Waals surface area contributed by atoms with E-state index in [1.54, 1.807) is 37.3 Å². The van der Waals surface area contributed by atoms with Crippen molar-refractivity contribution in [3.63, 3.8) is 0 Å². The Morgan fingerprint density at radius 1 is 1.07 bits per heavy atom. The minimum atomic E-state index is -0.0934. The molecule has 0 aromatic heterocycles. The topological polar surface area (TPSA) is 88.1 Å². The first-order valence-electron chi connectivity index (χ1n) is 10.1. The fourth-order valence-corrected chi connectivity index (χ4v) is 3.64. The number of aryl methyl sites for hydroxylation is 1. The average molecular weight is 412 g/mol. The van der Waals surface area contributed by atoms with Crippen LogP contribution in [0.3, 0.4) is 0 Å². The summed E-state index contributed by atoms with van der Waals surface area (Å²) in [6.07, 6.45) is 2.43. The van der Waals surface area contributed by atoms with Crippen LogP contribution in [0.25, 0.3) is 0 Å². The van der Waals surface area contributed by atoms with Gasteiger partial charge in [0.1, 0.15) is 5.75 Å². The Morgan fingerprint density at radius 2 is 1.80 bits per heavy atom. The molecule has 0 spiro atoms. The van der Waals surface area contributed by atoms with Gasteiger partial charge in [0.05, 0.1) is 14.2 Å². The maximum absolute atomic E-state index is 12.5. The van der Waals surface area contributed by atoms with Crippen molar-refractivity contribution >= 4 is 11.8 Å². The fraction of sp³-hybridized carbons (Fsp3) is 0.391. The van der Waals surface area contributed by atoms with Gasteiger partial charge >= 0.3 is 0 Å². The lowest BCUT2D eigenvalue weighted by molar-refractivity contribution is -0.122. The number of ether oxygens (including phenoxy) is 2. The first-order chi connectivity index (χ1) is 14.5. The van der Waals surface area contributed by atoms with Crippen LogP contribution in [0.5, 0.6) is 17.2 Å². The number of carbonyl (C=O) groups is 2. The number of likely N-dealkylation sites (tertiary alicyclic amines) is 1. The summed E-state index contributed by atoms with van der Waals surface area (Å²) in [5.74, 6) is 1.31. The summed E-state index contributed by atoms with van der Waals surface area (Å²) in [6.45, 7) is 1.16. The molecule has 2 amide bonds. The van der Waals surface area contributed by atoms with E-state index in [2.05, 4.69) is 5.32 Å². The number of nitrogens with one attached hydrogen (secondary N) is 1. The highest BCUT2D eigenvalue weighted by molar-refractivity contribution is 5.94. The Labute approximate surface area is 176 Å². The fourth-order valence-electron chi connectivity index (χ4n) is 3.64. The summed E-state index contributed by atoms with van der Waals surface area (Å²) in [5.41, 5.74) is 1.49. The molecule has 1 heterocycles. The van der Waals surface area contributed by atoms with Gasteiger partial charge in [-0.15, -0.1) is 0 Å². The molecule has 0 atom stereocenters. The van der Waals surface area contributed by atoms with Gasteiger partial charge in [-0.25, -0.2) is 0 Å². The maximum Gasteiger partial charge on any atom is 0.253 e. The van der Waals surface area contributed by atoms with Crippen LogP contribution in [0, 0.1) is 0 Å². The van der Waals surface area contributed by atoms with Crippen LogP contribution in [-0.4, -0.2) is 55.2 Å². The number of amides is 2. The van der Waals surface area contributed by atoms with Crippen LogP contribution in [0.1, 0.15) is 35.2 Å². The molecule has 0 bridgehead atoms. The standard InChI is InChI=1S/C23H28N2O5/c1-29-20-8-6-16(14-21(20)30-2)7-9-22(27)24-18-10-12-25(13-11-18)23(28)17-4-3-5-19(26)15-17/h3-6,8,14-15,18,26H,7,9-13H2,1-2H3,(H,24,27). The van der Waals surface area contributed by atoms with E-state index in [1.165, 1.54) is 6.07 Å². The molecule has 2 aromatic carbocycles. The van der Waals surface area contributed by atoms with Gasteiger partial charge in [0.2, 0.25) is 5.91 Å². The van der Waals surface area contributed by atoms with Crippen molar-refractivity contribution in [2.45, 2.75) is 31.7 Å². The zero-order valence-electron chi connectivity index (χ0n) is 17.4. The van der Waals surface area contributed by atoms with Crippen LogP contribution in [-0.2, 0) is 11.2 Å². The summed E-state index contributed by atoms with van der Waals surface area (Å²) in [6, 6.07) is 12.1. The van der Waals surface area contributed by atoms with Crippen molar-refractivity contribution in [1.82, 2.24) is 10.2 Å². The molecule has 3 rings (SSSR count). The molecule has 1 saturated heterocycles. The largest absolute Gasteiger partial charge is 0.508 e. The molecule has 0 saturated carbocycles. The Kier molecular flexibility index (Phi) is 7.17. The smallest absolute Gasteiger partial charge is 0.253 e. The maximum atomic E-state index is 12.5. The van der Waals surface area contributed by atoms with E-state index in [0.29, 0.717) is 55.8 Å². The molecule has 30 heavy (non-hydrogen) atoms. The van der Waals surface area contributed by atoms with Gasteiger partial charge in [0.25, 0.3) is 5.91 Å². The second-order valence-corrected chi connectivity index (χ2v) is 7.37. The van der Waals surface area contributed by atoms with Crippen molar-refractivity contribution < 1.29 is 24.2 Å². The highest BCUT2D eigenvalue weighted by Gasteiger charge is 2.24. The Bertz CT molecular complexity index is 891. The van der Waals surface area contributed by atoms with Gasteiger partial charge in [-0.1, -0.05) is 12.1 Å². The Hall–Kier alpha value is -3.22. The zero-order chi connectivity index (χ0) is 21.5. The van der Waals surface area contributed by atoms with E-state index in [9.17, 15) is 14.7 Å². The number of hydrogen-bond acceptors (Lipinski definition) is 5. The molecule has 1 aliphatic rings. The second-order valence-electron chi connectivity index (χ2n) is 7.37. The Balaban J connectivity index is 1.44. The molecule has 7 nitrogen and oxygen atoms in total. The van der Waals surface area contributed by atoms with Crippen molar-refractivity contribution in [3.05, 3.63) is 53.6 Å². The van der Waals surface area contributed by atoms with E-state index in [1.807, 2.05) is 18.2 Å². The number of rotatable bonds is 7. The quantitative estimate of drug-likeness (QED) is 0.730. The SMILES string of the molecule is COc1ccc(CCC(=O)NC2CCN(C(=O)c3cccc(O)c3)CC2)cc1OC. The number of aromatic hydroxyl groups is 1. The minimum absolute atomic E-state index is 0.00235. The highest BCUT2D eigenvalue weighted by Crippen LogP contribution is 2.28. The van der Waals surface area contributed by atoms with E-state index in [0.717, 1.165) is 5.56 Å². The summed E-state index contributed by atoms with van der Waals surface area (Å²) in [5, 5.41) is 12.6. The minimum Gasteiger partial charge on any atom is -0.508 e. The number of methoxy groups -OCH3 is 2. The molecule has 0 aliphatic carbocycles. The molecule has 7 heteroatoms. The molecule has 0 radical (unpaired) electrons. The third-order valence-corrected chi connectivity index (χ3v) is 5.33. The number of phenolic OH excluding ortho intramolecular Hbond substituents is 1. The lowest BCUT2D eigenvalue weighted by Crippen LogP contribution is -2.46. The summed E-state index contributed by atoms with van der Waals surface area (Å²) < 4.78 is 10.5. The highest BCUT2D eigenvalue weighted by atomic mass is 16.5. The van der Waals surface area contributed by atoms with Crippen LogP contribution in [0.15, 0.2) is 42.5 Å². The number of phenols is 1. The van der Waals surface area contributed by atoms with Gasteiger partial charge in [0, 0.05) is 31.1 Å². The lowest BCUT2D eigenvalue weighted by Gasteiger charge is -2.32. The first-order valence-corrected chi connectivity index (χ1v) is 10.1. The molecule has 2 aromatic rings. The number of nitrogens with zero attached hydrogens (tertiary/aromatic N) is 1. The third-order valence-electron chi connectivity index (χ3n) is 5.33. The van der Waals surface area contributed by atoms with Crippen molar-refractivity contribution in [3.8, 4) is 17.2 Å². The predicted molar refractivity (Wildman–Crippen MR) is 113 cm³/mol.